The third kappa shape index (κ3) is 2.84. The Hall–Kier alpha value is -0.955. The van der Waals surface area contributed by atoms with Crippen LogP contribution in [0.2, 0.25) is 0 Å². The van der Waals surface area contributed by atoms with E-state index in [2.05, 4.69) is 46.1 Å². The molecule has 1 atom stereocenters. The van der Waals surface area contributed by atoms with Gasteiger partial charge in [0.2, 0.25) is 0 Å². The molecule has 1 unspecified atom stereocenters. The summed E-state index contributed by atoms with van der Waals surface area (Å²) in [6, 6.07) is 4.55. The van der Waals surface area contributed by atoms with Crippen molar-refractivity contribution in [1.82, 2.24) is 5.32 Å². The first-order valence-corrected chi connectivity index (χ1v) is 6.58. The molecular formula is C14H22BNO. The molecule has 2 nitrogen and oxygen atoms in total. The number of nitrogens with one attached hydrogen (secondary N) is 1. The number of rotatable bonds is 2. The Morgan fingerprint density at radius 2 is 2.18 bits per heavy atom. The second kappa shape index (κ2) is 5.13. The first-order valence-electron chi connectivity index (χ1n) is 6.58. The van der Waals surface area contributed by atoms with Crippen molar-refractivity contribution in [2.75, 3.05) is 13.1 Å². The molecule has 1 N–H and O–H groups in total. The van der Waals surface area contributed by atoms with Crippen LogP contribution in [0.25, 0.3) is 0 Å². The largest absolute Gasteiger partial charge is 0.492 e. The highest BCUT2D eigenvalue weighted by Gasteiger charge is 2.16. The second-order valence-corrected chi connectivity index (χ2v) is 5.34. The van der Waals surface area contributed by atoms with Gasteiger partial charge in [0.05, 0.1) is 6.10 Å². The Morgan fingerprint density at radius 1 is 1.41 bits per heavy atom. The molecule has 0 radical (unpaired) electrons. The molecule has 0 fully saturated rings. The lowest BCUT2D eigenvalue weighted by molar-refractivity contribution is 0.244. The van der Waals surface area contributed by atoms with Crippen molar-refractivity contribution in [3.05, 3.63) is 23.3 Å². The van der Waals surface area contributed by atoms with Crippen LogP contribution >= 0.6 is 0 Å². The highest BCUT2D eigenvalue weighted by molar-refractivity contribution is 6.34. The minimum absolute atomic E-state index is 0.244. The van der Waals surface area contributed by atoms with Crippen LogP contribution in [0.4, 0.5) is 0 Å². The smallest absolute Gasteiger partial charge is 0.144 e. The molecule has 0 aromatic heterocycles. The molecule has 92 valence electrons. The van der Waals surface area contributed by atoms with E-state index in [-0.39, 0.29) is 6.10 Å². The van der Waals surface area contributed by atoms with Crippen molar-refractivity contribution in [2.45, 2.75) is 39.2 Å². The van der Waals surface area contributed by atoms with Crippen LogP contribution in [0.1, 0.15) is 37.8 Å². The molecular weight excluding hydrogens is 209 g/mol. The molecule has 0 spiro atoms. The summed E-state index contributed by atoms with van der Waals surface area (Å²) in [7, 11) is 2.14. The summed E-state index contributed by atoms with van der Waals surface area (Å²) < 4.78 is 5.87. The Morgan fingerprint density at radius 3 is 2.88 bits per heavy atom. The molecule has 0 amide bonds. The molecule has 3 heteroatoms. The van der Waals surface area contributed by atoms with Gasteiger partial charge in [0, 0.05) is 6.54 Å². The maximum atomic E-state index is 5.87. The molecule has 0 saturated heterocycles. The minimum Gasteiger partial charge on any atom is -0.492 e. The zero-order valence-electron chi connectivity index (χ0n) is 11.3. The van der Waals surface area contributed by atoms with Gasteiger partial charge < -0.3 is 10.1 Å². The van der Waals surface area contributed by atoms with Crippen LogP contribution in [0.5, 0.6) is 5.75 Å². The van der Waals surface area contributed by atoms with Crippen LogP contribution in [-0.4, -0.2) is 27.0 Å². The van der Waals surface area contributed by atoms with E-state index < -0.39 is 0 Å². The monoisotopic (exact) mass is 231 g/mol. The maximum Gasteiger partial charge on any atom is 0.144 e. The van der Waals surface area contributed by atoms with Crippen LogP contribution in [0.15, 0.2) is 12.1 Å². The van der Waals surface area contributed by atoms with Crippen molar-refractivity contribution in [2.24, 2.45) is 0 Å². The SMILES string of the molecule is Bc1cc2c(cc1OC(C)C)CCNCC2C. The number of hydrogen-bond acceptors (Lipinski definition) is 2. The third-order valence-electron chi connectivity index (χ3n) is 3.35. The van der Waals surface area contributed by atoms with Crippen molar-refractivity contribution in [3.63, 3.8) is 0 Å². The van der Waals surface area contributed by atoms with E-state index in [9.17, 15) is 0 Å². The number of hydrogen-bond donors (Lipinski definition) is 1. The average molecular weight is 231 g/mol. The molecule has 1 heterocycles. The standard InChI is InChI=1S/C14H22BNO/c1-9(2)17-14-6-11-4-5-16-8-10(3)12(11)7-13(14)15/h6-7,9-10,16H,4-5,8,15H2,1-3H3. The normalized spacial score (nSPS) is 19.9. The zero-order chi connectivity index (χ0) is 12.4. The Kier molecular flexibility index (Phi) is 3.77. The molecule has 2 rings (SSSR count). The molecule has 1 aliphatic rings. The molecule has 1 aromatic rings. The molecule has 0 aliphatic carbocycles. The van der Waals surface area contributed by atoms with E-state index in [1.165, 1.54) is 16.6 Å². The number of benzene rings is 1. The van der Waals surface area contributed by atoms with Gasteiger partial charge in [-0.25, -0.2) is 0 Å². The summed E-state index contributed by atoms with van der Waals surface area (Å²) in [5.74, 6) is 1.65. The van der Waals surface area contributed by atoms with Crippen molar-refractivity contribution >= 4 is 13.3 Å². The van der Waals surface area contributed by atoms with Crippen LogP contribution in [0.3, 0.4) is 0 Å². The number of ether oxygens (including phenoxy) is 1. The van der Waals surface area contributed by atoms with E-state index in [0.717, 1.165) is 25.3 Å². The summed E-state index contributed by atoms with van der Waals surface area (Å²) in [6.07, 6.45) is 1.35. The van der Waals surface area contributed by atoms with Crippen molar-refractivity contribution in [1.29, 1.82) is 0 Å². The van der Waals surface area contributed by atoms with E-state index in [4.69, 9.17) is 4.74 Å². The Balaban J connectivity index is 2.37. The van der Waals surface area contributed by atoms with Crippen LogP contribution in [0, 0.1) is 0 Å². The molecule has 1 aromatic carbocycles. The summed E-state index contributed by atoms with van der Waals surface area (Å²) in [5, 5.41) is 3.48. The fraction of sp³-hybridized carbons (Fsp3) is 0.571. The van der Waals surface area contributed by atoms with Gasteiger partial charge in [-0.2, -0.15) is 0 Å². The average Bonchev–Trinajstić information content (AvgIpc) is 2.42. The Bertz CT molecular complexity index is 403. The van der Waals surface area contributed by atoms with Crippen molar-refractivity contribution < 1.29 is 4.74 Å². The van der Waals surface area contributed by atoms with E-state index in [1.54, 1.807) is 0 Å². The first-order chi connectivity index (χ1) is 8.08. The predicted octanol–water partition coefficient (Wildman–Crippen LogP) is 0.981. The lowest BCUT2D eigenvalue weighted by atomic mass is 9.86. The lowest BCUT2D eigenvalue weighted by Gasteiger charge is -2.18. The van der Waals surface area contributed by atoms with Crippen LogP contribution in [-0.2, 0) is 6.42 Å². The highest BCUT2D eigenvalue weighted by atomic mass is 16.5. The third-order valence-corrected chi connectivity index (χ3v) is 3.35. The maximum absolute atomic E-state index is 5.87. The van der Waals surface area contributed by atoms with Gasteiger partial charge in [0.1, 0.15) is 13.6 Å². The van der Waals surface area contributed by atoms with E-state index in [1.807, 2.05) is 0 Å². The van der Waals surface area contributed by atoms with E-state index in [0.29, 0.717) is 5.92 Å². The minimum atomic E-state index is 0.244. The highest BCUT2D eigenvalue weighted by Crippen LogP contribution is 2.25. The van der Waals surface area contributed by atoms with Crippen LogP contribution < -0.4 is 15.5 Å². The second-order valence-electron chi connectivity index (χ2n) is 5.34. The predicted molar refractivity (Wildman–Crippen MR) is 75.4 cm³/mol. The van der Waals surface area contributed by atoms with Crippen molar-refractivity contribution in [3.8, 4) is 5.75 Å². The van der Waals surface area contributed by atoms with Gasteiger partial charge >= 0.3 is 0 Å². The quantitative estimate of drug-likeness (QED) is 0.766. The van der Waals surface area contributed by atoms with Gasteiger partial charge in [-0.15, -0.1) is 0 Å². The first kappa shape index (κ1) is 12.5. The molecule has 0 saturated carbocycles. The van der Waals surface area contributed by atoms with Gasteiger partial charge in [0.25, 0.3) is 0 Å². The topological polar surface area (TPSA) is 21.3 Å². The molecule has 17 heavy (non-hydrogen) atoms. The van der Waals surface area contributed by atoms with Gasteiger partial charge in [-0.3, -0.25) is 0 Å². The number of fused-ring (bicyclic) bond motifs is 1. The van der Waals surface area contributed by atoms with Gasteiger partial charge in [0.15, 0.2) is 0 Å². The van der Waals surface area contributed by atoms with E-state index >= 15 is 0 Å². The summed E-state index contributed by atoms with van der Waals surface area (Å²) in [5.41, 5.74) is 4.19. The zero-order valence-corrected chi connectivity index (χ0v) is 11.3. The van der Waals surface area contributed by atoms with Gasteiger partial charge in [-0.1, -0.05) is 13.0 Å². The molecule has 1 aliphatic heterocycles. The summed E-state index contributed by atoms with van der Waals surface area (Å²) >= 11 is 0. The summed E-state index contributed by atoms with van der Waals surface area (Å²) in [6.45, 7) is 8.60. The fourth-order valence-corrected chi connectivity index (χ4v) is 2.46. The van der Waals surface area contributed by atoms with Gasteiger partial charge in [-0.05, 0) is 55.4 Å². The molecule has 0 bridgehead atoms. The summed E-state index contributed by atoms with van der Waals surface area (Å²) in [4.78, 5) is 0. The lowest BCUT2D eigenvalue weighted by Crippen LogP contribution is -2.19. The fourth-order valence-electron chi connectivity index (χ4n) is 2.46. The Labute approximate surface area is 105 Å².